The number of benzene rings is 2. The fourth-order valence-electron chi connectivity index (χ4n) is 5.59. The lowest BCUT2D eigenvalue weighted by molar-refractivity contribution is -0.186. The molecule has 10 nitrogen and oxygen atoms in total. The van der Waals surface area contributed by atoms with Crippen LogP contribution < -0.4 is 5.73 Å². The van der Waals surface area contributed by atoms with Crippen LogP contribution in [0.15, 0.2) is 59.0 Å². The minimum absolute atomic E-state index is 0.0336. The Morgan fingerprint density at radius 1 is 1.16 bits per heavy atom. The van der Waals surface area contributed by atoms with Crippen LogP contribution in [0.3, 0.4) is 0 Å². The maximum atomic E-state index is 14.2. The maximum Gasteiger partial charge on any atom is 0.471 e. The number of Topliss-reactive ketones (excluding diaryl/α,β-unsaturated/α-hetero) is 1. The van der Waals surface area contributed by atoms with Crippen molar-refractivity contribution < 1.29 is 40.7 Å². The van der Waals surface area contributed by atoms with Crippen molar-refractivity contribution >= 4 is 27.7 Å². The van der Waals surface area contributed by atoms with Crippen LogP contribution in [0.25, 0.3) is 0 Å². The number of esters is 1. The van der Waals surface area contributed by atoms with Crippen molar-refractivity contribution in [3.63, 3.8) is 0 Å². The second-order valence-electron chi connectivity index (χ2n) is 10.7. The smallest absolute Gasteiger partial charge is 0.464 e. The Balaban J connectivity index is 1.74. The van der Waals surface area contributed by atoms with Crippen molar-refractivity contribution in [1.29, 1.82) is 5.26 Å². The number of rotatable bonds is 8. The summed E-state index contributed by atoms with van der Waals surface area (Å²) in [5, 5.41) is 9.24. The molecule has 14 heteroatoms. The Morgan fingerprint density at radius 3 is 2.55 bits per heavy atom. The summed E-state index contributed by atoms with van der Waals surface area (Å²) in [5.41, 5.74) is 6.20. The summed E-state index contributed by atoms with van der Waals surface area (Å²) >= 11 is 0. The van der Waals surface area contributed by atoms with Gasteiger partial charge in [-0.25, -0.2) is 13.2 Å². The number of carbonyl (C=O) groups excluding carboxylic acids is 3. The second-order valence-corrected chi connectivity index (χ2v) is 12.6. The van der Waals surface area contributed by atoms with Gasteiger partial charge in [-0.05, 0) is 67.6 Å². The molecule has 2 heterocycles. The van der Waals surface area contributed by atoms with Crippen molar-refractivity contribution in [2.24, 2.45) is 5.73 Å². The van der Waals surface area contributed by atoms with E-state index in [1.54, 1.807) is 37.3 Å². The number of sulfonamides is 1. The summed E-state index contributed by atoms with van der Waals surface area (Å²) in [5.74, 6) is -3.95. The third-order valence-electron chi connectivity index (χ3n) is 7.74. The fraction of sp³-hybridized carbons (Fsp3) is 0.400. The number of hydrogen-bond donors (Lipinski definition) is 1. The standard InChI is InChI=1S/C30H31F3N4O6S/c1-3-43-28(40)29(26(38)25(35)14-20-5-4-6-21(13-20)17-34)16-19(2)9-12-37(29)44(41,42)24-8-7-23-18-36(11-10-22(23)15-24)27(39)30(31,32)33/h4-9,13,15,25H,3,10-12,14,16,18,35H2,1-2H3/t25?,29-/m1/s1. The zero-order chi connectivity index (χ0) is 32.4. The molecule has 2 atom stereocenters. The quantitative estimate of drug-likeness (QED) is 0.265. The van der Waals surface area contributed by atoms with E-state index in [0.29, 0.717) is 32.7 Å². The van der Waals surface area contributed by atoms with Crippen LogP contribution in [0.5, 0.6) is 0 Å². The third-order valence-corrected chi connectivity index (χ3v) is 9.63. The average molecular weight is 633 g/mol. The number of ketones is 1. The molecule has 1 amide bonds. The van der Waals surface area contributed by atoms with E-state index >= 15 is 0 Å². The molecule has 2 aromatic rings. The molecule has 44 heavy (non-hydrogen) atoms. The topological polar surface area (TPSA) is 151 Å². The van der Waals surface area contributed by atoms with Crippen LogP contribution in [0, 0.1) is 11.3 Å². The minimum Gasteiger partial charge on any atom is -0.464 e. The molecule has 2 aliphatic rings. The highest BCUT2D eigenvalue weighted by atomic mass is 32.2. The van der Waals surface area contributed by atoms with Crippen molar-refractivity contribution in [3.8, 4) is 6.07 Å². The SMILES string of the molecule is CCOC(=O)[C@]1(C(=O)C(N)Cc2cccc(C#N)c2)CC(C)=CCN1S(=O)(=O)c1ccc2c(c1)CCN(C(=O)C(F)(F)F)C2. The second kappa shape index (κ2) is 12.5. The first-order valence-electron chi connectivity index (χ1n) is 13.8. The van der Waals surface area contributed by atoms with Gasteiger partial charge in [0.1, 0.15) is 0 Å². The number of ether oxygens (including phenoxy) is 1. The van der Waals surface area contributed by atoms with Gasteiger partial charge >= 0.3 is 18.1 Å². The number of amides is 1. The van der Waals surface area contributed by atoms with Gasteiger partial charge in [0.15, 0.2) is 11.3 Å². The van der Waals surface area contributed by atoms with Crippen molar-refractivity contribution in [2.45, 2.75) is 62.3 Å². The molecular weight excluding hydrogens is 601 g/mol. The first-order valence-corrected chi connectivity index (χ1v) is 15.2. The molecule has 2 aliphatic heterocycles. The largest absolute Gasteiger partial charge is 0.471 e. The van der Waals surface area contributed by atoms with Crippen LogP contribution in [0.4, 0.5) is 13.2 Å². The third kappa shape index (κ3) is 6.26. The van der Waals surface area contributed by atoms with Crippen molar-refractivity contribution in [2.75, 3.05) is 19.7 Å². The van der Waals surface area contributed by atoms with Gasteiger partial charge in [0, 0.05) is 26.1 Å². The number of halogens is 3. The van der Waals surface area contributed by atoms with Gasteiger partial charge in [0.05, 0.1) is 29.2 Å². The summed E-state index contributed by atoms with van der Waals surface area (Å²) < 4.78 is 73.4. The highest BCUT2D eigenvalue weighted by molar-refractivity contribution is 7.89. The Hall–Kier alpha value is -4.06. The van der Waals surface area contributed by atoms with Crippen LogP contribution in [0.1, 0.15) is 42.5 Å². The van der Waals surface area contributed by atoms with E-state index in [9.17, 15) is 41.2 Å². The van der Waals surface area contributed by atoms with Crippen LogP contribution in [-0.2, 0) is 48.5 Å². The van der Waals surface area contributed by atoms with E-state index in [2.05, 4.69) is 0 Å². The van der Waals surface area contributed by atoms with Crippen LogP contribution in [0.2, 0.25) is 0 Å². The predicted molar refractivity (Wildman–Crippen MR) is 151 cm³/mol. The first-order chi connectivity index (χ1) is 20.6. The van der Waals surface area contributed by atoms with E-state index in [0.717, 1.165) is 4.31 Å². The maximum absolute atomic E-state index is 14.2. The lowest BCUT2D eigenvalue weighted by Gasteiger charge is -2.43. The molecule has 0 aliphatic carbocycles. The molecule has 0 saturated heterocycles. The Morgan fingerprint density at radius 2 is 1.89 bits per heavy atom. The molecule has 4 rings (SSSR count). The van der Waals surface area contributed by atoms with Crippen molar-refractivity contribution in [1.82, 2.24) is 9.21 Å². The molecule has 0 spiro atoms. The summed E-state index contributed by atoms with van der Waals surface area (Å²) in [7, 11) is -4.60. The van der Waals surface area contributed by atoms with Crippen molar-refractivity contribution in [3.05, 3.63) is 76.4 Å². The van der Waals surface area contributed by atoms with Gasteiger partial charge in [-0.1, -0.05) is 29.8 Å². The Bertz CT molecular complexity index is 1670. The number of fused-ring (bicyclic) bond motifs is 1. The summed E-state index contributed by atoms with van der Waals surface area (Å²) in [6.45, 7) is 2.06. The van der Waals surface area contributed by atoms with Gasteiger partial charge in [0.25, 0.3) is 0 Å². The molecule has 1 unspecified atom stereocenters. The lowest BCUT2D eigenvalue weighted by Crippen LogP contribution is -2.67. The molecule has 2 aromatic carbocycles. The Labute approximate surface area is 252 Å². The van der Waals surface area contributed by atoms with E-state index < -0.39 is 45.4 Å². The molecule has 0 radical (unpaired) electrons. The number of nitriles is 1. The van der Waals surface area contributed by atoms with Crippen LogP contribution >= 0.6 is 0 Å². The van der Waals surface area contributed by atoms with Gasteiger partial charge in [0.2, 0.25) is 10.0 Å². The van der Waals surface area contributed by atoms with E-state index in [-0.39, 0.29) is 50.4 Å². The van der Waals surface area contributed by atoms with E-state index in [4.69, 9.17) is 10.5 Å². The monoisotopic (exact) mass is 632 g/mol. The van der Waals surface area contributed by atoms with Gasteiger partial charge in [-0.3, -0.25) is 9.59 Å². The molecular formula is C30H31F3N4O6S. The number of nitrogens with two attached hydrogens (primary N) is 1. The number of hydrogen-bond acceptors (Lipinski definition) is 8. The van der Waals surface area contributed by atoms with Gasteiger partial charge in [-0.2, -0.15) is 22.7 Å². The number of alkyl halides is 3. The highest BCUT2D eigenvalue weighted by Gasteiger charge is 2.58. The van der Waals surface area contributed by atoms with Gasteiger partial charge in [-0.15, -0.1) is 0 Å². The molecule has 0 aromatic heterocycles. The highest BCUT2D eigenvalue weighted by Crippen LogP contribution is 2.38. The summed E-state index contributed by atoms with van der Waals surface area (Å²) in [6, 6.07) is 10.8. The van der Waals surface area contributed by atoms with Gasteiger partial charge < -0.3 is 15.4 Å². The summed E-state index contributed by atoms with van der Waals surface area (Å²) in [6.07, 6.45) is -3.90. The minimum atomic E-state index is -5.04. The molecule has 0 saturated carbocycles. The Kier molecular flexibility index (Phi) is 9.34. The number of nitrogens with zero attached hydrogens (tertiary/aromatic N) is 3. The van der Waals surface area contributed by atoms with Crippen LogP contribution in [-0.4, -0.2) is 72.7 Å². The fourth-order valence-corrected chi connectivity index (χ4v) is 7.28. The molecule has 234 valence electrons. The van der Waals surface area contributed by atoms with E-state index in [1.165, 1.54) is 25.1 Å². The molecule has 0 bridgehead atoms. The normalized spacial score (nSPS) is 19.8. The molecule has 0 fully saturated rings. The molecule has 2 N–H and O–H groups in total. The summed E-state index contributed by atoms with van der Waals surface area (Å²) in [4.78, 5) is 40.0. The average Bonchev–Trinajstić information content (AvgIpc) is 2.99. The zero-order valence-corrected chi connectivity index (χ0v) is 24.9. The zero-order valence-electron chi connectivity index (χ0n) is 24.1. The lowest BCUT2D eigenvalue weighted by atomic mass is 9.80. The van der Waals surface area contributed by atoms with E-state index in [1.807, 2.05) is 6.07 Å². The predicted octanol–water partition coefficient (Wildman–Crippen LogP) is 2.79. The number of carbonyl (C=O) groups is 3. The first kappa shape index (κ1) is 32.8.